The van der Waals surface area contributed by atoms with Crippen molar-refractivity contribution < 1.29 is 0 Å². The zero-order valence-electron chi connectivity index (χ0n) is 10.9. The molecule has 2 atom stereocenters. The molecule has 92 valence electrons. The molecule has 16 heavy (non-hydrogen) atoms. The van der Waals surface area contributed by atoms with Gasteiger partial charge in [-0.25, -0.2) is 0 Å². The molecule has 2 unspecified atom stereocenters. The number of hydrogen-bond donors (Lipinski definition) is 0. The van der Waals surface area contributed by atoms with Gasteiger partial charge in [-0.05, 0) is 19.3 Å². The predicted molar refractivity (Wildman–Crippen MR) is 67.2 cm³/mol. The lowest BCUT2D eigenvalue weighted by Gasteiger charge is -2.36. The minimum Gasteiger partial charge on any atom is -0.301 e. The third kappa shape index (κ3) is 4.11. The molecule has 0 aromatic rings. The first-order valence-electron chi connectivity index (χ1n) is 6.53. The van der Waals surface area contributed by atoms with Gasteiger partial charge in [-0.15, -0.1) is 0 Å². The van der Waals surface area contributed by atoms with Gasteiger partial charge in [0.2, 0.25) is 0 Å². The van der Waals surface area contributed by atoms with E-state index in [-0.39, 0.29) is 6.04 Å². The number of piperazine rings is 1. The Balaban J connectivity index is 2.24. The molecule has 0 aliphatic carbocycles. The largest absolute Gasteiger partial charge is 0.301 e. The zero-order valence-corrected chi connectivity index (χ0v) is 10.9. The van der Waals surface area contributed by atoms with Crippen LogP contribution in [0.1, 0.15) is 33.6 Å². The van der Waals surface area contributed by atoms with Gasteiger partial charge in [0.15, 0.2) is 0 Å². The second kappa shape index (κ2) is 6.88. The van der Waals surface area contributed by atoms with E-state index in [2.05, 4.69) is 29.7 Å². The summed E-state index contributed by atoms with van der Waals surface area (Å²) in [5.41, 5.74) is 0. The standard InChI is InChI=1S/C13H25N3/c1-4-5-12(2)11-15-6-8-16(9-7-15)13(3)10-14/h12-13H,4-9,11H2,1-3H3. The molecule has 0 N–H and O–H groups in total. The molecule has 1 heterocycles. The summed E-state index contributed by atoms with van der Waals surface area (Å²) in [6.45, 7) is 12.2. The molecule has 0 amide bonds. The van der Waals surface area contributed by atoms with E-state index in [1.165, 1.54) is 19.4 Å². The summed E-state index contributed by atoms with van der Waals surface area (Å²) in [5, 5.41) is 8.86. The highest BCUT2D eigenvalue weighted by Gasteiger charge is 2.21. The van der Waals surface area contributed by atoms with Gasteiger partial charge in [-0.3, -0.25) is 4.90 Å². The molecule has 0 aromatic heterocycles. The van der Waals surface area contributed by atoms with Crippen LogP contribution in [0.3, 0.4) is 0 Å². The van der Waals surface area contributed by atoms with Crippen LogP contribution >= 0.6 is 0 Å². The highest BCUT2D eigenvalue weighted by atomic mass is 15.3. The quantitative estimate of drug-likeness (QED) is 0.713. The average molecular weight is 223 g/mol. The van der Waals surface area contributed by atoms with E-state index in [9.17, 15) is 0 Å². The summed E-state index contributed by atoms with van der Waals surface area (Å²) in [6, 6.07) is 2.40. The molecule has 1 rings (SSSR count). The van der Waals surface area contributed by atoms with Crippen LogP contribution in [0.15, 0.2) is 0 Å². The molecule has 0 aromatic carbocycles. The molecule has 1 fully saturated rings. The van der Waals surface area contributed by atoms with Crippen molar-refractivity contribution in [2.75, 3.05) is 32.7 Å². The van der Waals surface area contributed by atoms with Crippen molar-refractivity contribution in [2.45, 2.75) is 39.7 Å². The van der Waals surface area contributed by atoms with E-state index in [1.54, 1.807) is 0 Å². The Labute approximate surface area is 100 Å². The lowest BCUT2D eigenvalue weighted by Crippen LogP contribution is -2.50. The molecular weight excluding hydrogens is 198 g/mol. The second-order valence-electron chi connectivity index (χ2n) is 5.04. The van der Waals surface area contributed by atoms with Crippen molar-refractivity contribution in [2.24, 2.45) is 5.92 Å². The lowest BCUT2D eigenvalue weighted by molar-refractivity contribution is 0.107. The smallest absolute Gasteiger partial charge is 0.0950 e. The molecule has 0 spiro atoms. The van der Waals surface area contributed by atoms with Crippen LogP contribution in [0.5, 0.6) is 0 Å². The van der Waals surface area contributed by atoms with E-state index >= 15 is 0 Å². The third-order valence-electron chi connectivity index (χ3n) is 3.49. The Morgan fingerprint density at radius 1 is 1.19 bits per heavy atom. The Kier molecular flexibility index (Phi) is 5.79. The van der Waals surface area contributed by atoms with Gasteiger partial charge >= 0.3 is 0 Å². The Morgan fingerprint density at radius 3 is 2.31 bits per heavy atom. The van der Waals surface area contributed by atoms with Crippen molar-refractivity contribution in [1.29, 1.82) is 5.26 Å². The van der Waals surface area contributed by atoms with Crippen LogP contribution in [0.4, 0.5) is 0 Å². The molecule has 1 aliphatic rings. The molecule has 0 bridgehead atoms. The Bertz CT molecular complexity index is 226. The van der Waals surface area contributed by atoms with E-state index in [1.807, 2.05) is 6.92 Å². The maximum absolute atomic E-state index is 8.86. The summed E-state index contributed by atoms with van der Waals surface area (Å²) in [7, 11) is 0. The first-order valence-corrected chi connectivity index (χ1v) is 6.53. The van der Waals surface area contributed by atoms with Gasteiger partial charge in [0.25, 0.3) is 0 Å². The lowest BCUT2D eigenvalue weighted by atomic mass is 10.1. The monoisotopic (exact) mass is 223 g/mol. The van der Waals surface area contributed by atoms with Gasteiger partial charge in [0.05, 0.1) is 12.1 Å². The van der Waals surface area contributed by atoms with E-state index in [4.69, 9.17) is 5.26 Å². The number of hydrogen-bond acceptors (Lipinski definition) is 3. The maximum atomic E-state index is 8.86. The molecule has 0 saturated carbocycles. The summed E-state index contributed by atoms with van der Waals surface area (Å²) in [6.07, 6.45) is 2.61. The fourth-order valence-corrected chi connectivity index (χ4v) is 2.44. The van der Waals surface area contributed by atoms with E-state index < -0.39 is 0 Å². The number of rotatable bonds is 5. The van der Waals surface area contributed by atoms with Gasteiger partial charge in [0, 0.05) is 32.7 Å². The first-order chi connectivity index (χ1) is 7.67. The molecule has 3 nitrogen and oxygen atoms in total. The number of nitriles is 1. The second-order valence-corrected chi connectivity index (χ2v) is 5.04. The summed E-state index contributed by atoms with van der Waals surface area (Å²) < 4.78 is 0. The average Bonchev–Trinajstić information content (AvgIpc) is 2.29. The first kappa shape index (κ1) is 13.5. The normalized spacial score (nSPS) is 22.6. The van der Waals surface area contributed by atoms with Crippen LogP contribution in [-0.4, -0.2) is 48.6 Å². The van der Waals surface area contributed by atoms with Crippen molar-refractivity contribution in [3.63, 3.8) is 0 Å². The molecule has 0 radical (unpaired) electrons. The highest BCUT2D eigenvalue weighted by Crippen LogP contribution is 2.11. The maximum Gasteiger partial charge on any atom is 0.0950 e. The number of nitrogens with zero attached hydrogens (tertiary/aromatic N) is 3. The van der Waals surface area contributed by atoms with Crippen molar-refractivity contribution >= 4 is 0 Å². The summed E-state index contributed by atoms with van der Waals surface area (Å²) in [4.78, 5) is 4.82. The van der Waals surface area contributed by atoms with Crippen molar-refractivity contribution in [3.8, 4) is 6.07 Å². The van der Waals surface area contributed by atoms with Crippen LogP contribution in [0, 0.1) is 17.2 Å². The third-order valence-corrected chi connectivity index (χ3v) is 3.49. The molecule has 3 heteroatoms. The molecule has 1 saturated heterocycles. The van der Waals surface area contributed by atoms with Gasteiger partial charge in [-0.1, -0.05) is 20.3 Å². The minimum absolute atomic E-state index is 0.0789. The zero-order chi connectivity index (χ0) is 12.0. The van der Waals surface area contributed by atoms with Crippen LogP contribution in [0.2, 0.25) is 0 Å². The van der Waals surface area contributed by atoms with Crippen LogP contribution in [0.25, 0.3) is 0 Å². The fraction of sp³-hybridized carbons (Fsp3) is 0.923. The van der Waals surface area contributed by atoms with Gasteiger partial charge in [0.1, 0.15) is 0 Å². The minimum atomic E-state index is 0.0789. The topological polar surface area (TPSA) is 30.3 Å². The van der Waals surface area contributed by atoms with E-state index in [0.29, 0.717) is 0 Å². The van der Waals surface area contributed by atoms with Gasteiger partial charge < -0.3 is 4.90 Å². The fourth-order valence-electron chi connectivity index (χ4n) is 2.44. The summed E-state index contributed by atoms with van der Waals surface area (Å²) in [5.74, 6) is 0.810. The highest BCUT2D eigenvalue weighted by molar-refractivity contribution is 4.90. The SMILES string of the molecule is CCCC(C)CN1CCN(C(C)C#N)CC1. The molecule has 1 aliphatic heterocycles. The van der Waals surface area contributed by atoms with E-state index in [0.717, 1.165) is 32.1 Å². The van der Waals surface area contributed by atoms with Crippen LogP contribution in [-0.2, 0) is 0 Å². The molecular formula is C13H25N3. The summed E-state index contributed by atoms with van der Waals surface area (Å²) >= 11 is 0. The Morgan fingerprint density at radius 2 is 1.81 bits per heavy atom. The predicted octanol–water partition coefficient (Wildman–Crippen LogP) is 1.95. The van der Waals surface area contributed by atoms with Crippen molar-refractivity contribution in [3.05, 3.63) is 0 Å². The van der Waals surface area contributed by atoms with Crippen LogP contribution < -0.4 is 0 Å². The Hall–Kier alpha value is -0.590. The van der Waals surface area contributed by atoms with Crippen molar-refractivity contribution in [1.82, 2.24) is 9.80 Å². The van der Waals surface area contributed by atoms with Gasteiger partial charge in [-0.2, -0.15) is 5.26 Å².